The Morgan fingerprint density at radius 2 is 1.73 bits per heavy atom. The number of halogens is 2. The van der Waals surface area contributed by atoms with Crippen molar-refractivity contribution >= 4 is 30.7 Å². The predicted molar refractivity (Wildman–Crippen MR) is 97.7 cm³/mol. The van der Waals surface area contributed by atoms with E-state index in [0.717, 1.165) is 26.1 Å². The van der Waals surface area contributed by atoms with E-state index in [9.17, 15) is 4.79 Å². The van der Waals surface area contributed by atoms with Crippen LogP contribution in [0.25, 0.3) is 0 Å². The van der Waals surface area contributed by atoms with Gasteiger partial charge in [-0.2, -0.15) is 0 Å². The molecule has 0 aliphatic heterocycles. The zero-order valence-corrected chi connectivity index (χ0v) is 15.1. The second-order valence-corrected chi connectivity index (χ2v) is 4.90. The summed E-state index contributed by atoms with van der Waals surface area (Å²) in [6.45, 7) is 8.50. The number of nitrogens with zero attached hydrogens (tertiary/aromatic N) is 1. The first-order valence-electron chi connectivity index (χ1n) is 7.47. The van der Waals surface area contributed by atoms with Crippen LogP contribution in [0.5, 0.6) is 0 Å². The van der Waals surface area contributed by atoms with E-state index in [-0.39, 0.29) is 30.7 Å². The molecule has 128 valence electrons. The average Bonchev–Trinajstić information content (AvgIpc) is 2.49. The first-order valence-corrected chi connectivity index (χ1v) is 7.47. The number of carbonyl (C=O) groups excluding carboxylic acids is 1. The SMILES string of the molecule is CCN(CC)Cc1ccccc1CNC(=O)CCCN.Cl.Cl. The lowest BCUT2D eigenvalue weighted by Crippen LogP contribution is -2.26. The van der Waals surface area contributed by atoms with E-state index in [2.05, 4.69) is 42.3 Å². The van der Waals surface area contributed by atoms with Crippen LogP contribution in [0.2, 0.25) is 0 Å². The van der Waals surface area contributed by atoms with Crippen LogP contribution in [-0.4, -0.2) is 30.4 Å². The highest BCUT2D eigenvalue weighted by Crippen LogP contribution is 2.11. The average molecular weight is 350 g/mol. The molecule has 0 bridgehead atoms. The second kappa shape index (κ2) is 13.8. The van der Waals surface area contributed by atoms with Gasteiger partial charge < -0.3 is 11.1 Å². The van der Waals surface area contributed by atoms with E-state index in [1.807, 2.05) is 6.07 Å². The molecule has 1 aromatic carbocycles. The summed E-state index contributed by atoms with van der Waals surface area (Å²) in [6.07, 6.45) is 1.25. The third kappa shape index (κ3) is 8.59. The Bertz CT molecular complexity index is 412. The van der Waals surface area contributed by atoms with Gasteiger partial charge in [-0.15, -0.1) is 24.8 Å². The van der Waals surface area contributed by atoms with Gasteiger partial charge >= 0.3 is 0 Å². The molecular formula is C16H29Cl2N3O. The molecule has 0 saturated carbocycles. The normalized spacial score (nSPS) is 9.82. The molecule has 1 amide bonds. The number of nitrogens with two attached hydrogens (primary N) is 1. The second-order valence-electron chi connectivity index (χ2n) is 4.90. The first-order chi connectivity index (χ1) is 9.71. The molecule has 3 N–H and O–H groups in total. The number of benzene rings is 1. The Hall–Kier alpha value is -0.810. The van der Waals surface area contributed by atoms with Gasteiger partial charge in [0.25, 0.3) is 0 Å². The van der Waals surface area contributed by atoms with Crippen molar-refractivity contribution in [1.82, 2.24) is 10.2 Å². The topological polar surface area (TPSA) is 58.4 Å². The maximum Gasteiger partial charge on any atom is 0.220 e. The number of carbonyl (C=O) groups is 1. The number of hydrogen-bond donors (Lipinski definition) is 2. The Balaban J connectivity index is 0. The van der Waals surface area contributed by atoms with Crippen molar-refractivity contribution in [3.05, 3.63) is 35.4 Å². The number of rotatable bonds is 9. The summed E-state index contributed by atoms with van der Waals surface area (Å²) >= 11 is 0. The maximum absolute atomic E-state index is 11.6. The molecule has 0 atom stereocenters. The molecule has 0 saturated heterocycles. The lowest BCUT2D eigenvalue weighted by atomic mass is 10.1. The van der Waals surface area contributed by atoms with Crippen molar-refractivity contribution in [3.63, 3.8) is 0 Å². The van der Waals surface area contributed by atoms with Crippen LogP contribution in [0.1, 0.15) is 37.8 Å². The summed E-state index contributed by atoms with van der Waals surface area (Å²) in [6, 6.07) is 8.30. The lowest BCUT2D eigenvalue weighted by Gasteiger charge is -2.20. The molecule has 0 unspecified atom stereocenters. The van der Waals surface area contributed by atoms with E-state index >= 15 is 0 Å². The Kier molecular flexibility index (Phi) is 14.7. The molecule has 22 heavy (non-hydrogen) atoms. The molecule has 0 aliphatic carbocycles. The molecule has 0 heterocycles. The van der Waals surface area contributed by atoms with Crippen LogP contribution in [0.15, 0.2) is 24.3 Å². The fourth-order valence-electron chi connectivity index (χ4n) is 2.12. The van der Waals surface area contributed by atoms with E-state index in [1.54, 1.807) is 0 Å². The summed E-state index contributed by atoms with van der Waals surface area (Å²) in [7, 11) is 0. The van der Waals surface area contributed by atoms with Gasteiger partial charge in [-0.3, -0.25) is 9.69 Å². The lowest BCUT2D eigenvalue weighted by molar-refractivity contribution is -0.121. The van der Waals surface area contributed by atoms with Crippen LogP contribution in [0.3, 0.4) is 0 Å². The fourth-order valence-corrected chi connectivity index (χ4v) is 2.12. The van der Waals surface area contributed by atoms with E-state index in [0.29, 0.717) is 19.5 Å². The summed E-state index contributed by atoms with van der Waals surface area (Å²) in [5.41, 5.74) is 7.89. The van der Waals surface area contributed by atoms with Crippen molar-refractivity contribution in [2.75, 3.05) is 19.6 Å². The van der Waals surface area contributed by atoms with Gasteiger partial charge in [0.2, 0.25) is 5.91 Å². The zero-order valence-electron chi connectivity index (χ0n) is 13.5. The molecule has 1 rings (SSSR count). The third-order valence-corrected chi connectivity index (χ3v) is 3.49. The van der Waals surface area contributed by atoms with Crippen molar-refractivity contribution in [2.24, 2.45) is 5.73 Å². The zero-order chi connectivity index (χ0) is 14.8. The van der Waals surface area contributed by atoms with Crippen LogP contribution in [0.4, 0.5) is 0 Å². The van der Waals surface area contributed by atoms with Crippen LogP contribution < -0.4 is 11.1 Å². The van der Waals surface area contributed by atoms with Crippen molar-refractivity contribution in [2.45, 2.75) is 39.8 Å². The highest BCUT2D eigenvalue weighted by atomic mass is 35.5. The van der Waals surface area contributed by atoms with Crippen molar-refractivity contribution in [3.8, 4) is 0 Å². The van der Waals surface area contributed by atoms with Crippen molar-refractivity contribution in [1.29, 1.82) is 0 Å². The molecule has 0 fully saturated rings. The molecule has 0 aliphatic rings. The monoisotopic (exact) mass is 349 g/mol. The van der Waals surface area contributed by atoms with Crippen LogP contribution in [0, 0.1) is 0 Å². The third-order valence-electron chi connectivity index (χ3n) is 3.49. The van der Waals surface area contributed by atoms with E-state index in [1.165, 1.54) is 11.1 Å². The quantitative estimate of drug-likeness (QED) is 0.720. The minimum Gasteiger partial charge on any atom is -0.352 e. The number of hydrogen-bond acceptors (Lipinski definition) is 3. The minimum absolute atomic E-state index is 0. The molecule has 4 nitrogen and oxygen atoms in total. The maximum atomic E-state index is 11.6. The van der Waals surface area contributed by atoms with Gasteiger partial charge in [-0.1, -0.05) is 38.1 Å². The molecule has 6 heteroatoms. The summed E-state index contributed by atoms with van der Waals surface area (Å²) < 4.78 is 0. The van der Waals surface area contributed by atoms with Crippen LogP contribution in [-0.2, 0) is 17.9 Å². The summed E-state index contributed by atoms with van der Waals surface area (Å²) in [5.74, 6) is 0.0769. The molecule has 1 aromatic rings. The Morgan fingerprint density at radius 1 is 1.14 bits per heavy atom. The van der Waals surface area contributed by atoms with Gasteiger partial charge in [-0.05, 0) is 37.2 Å². The van der Waals surface area contributed by atoms with Gasteiger partial charge in [-0.25, -0.2) is 0 Å². The van der Waals surface area contributed by atoms with E-state index in [4.69, 9.17) is 5.73 Å². The number of amides is 1. The molecule has 0 spiro atoms. The number of nitrogens with one attached hydrogen (secondary N) is 1. The predicted octanol–water partition coefficient (Wildman–Crippen LogP) is 2.73. The molecule has 0 aromatic heterocycles. The largest absolute Gasteiger partial charge is 0.352 e. The van der Waals surface area contributed by atoms with E-state index < -0.39 is 0 Å². The summed E-state index contributed by atoms with van der Waals surface area (Å²) in [4.78, 5) is 14.0. The molecule has 0 radical (unpaired) electrons. The highest BCUT2D eigenvalue weighted by molar-refractivity contribution is 5.85. The van der Waals surface area contributed by atoms with Crippen molar-refractivity contribution < 1.29 is 4.79 Å². The standard InChI is InChI=1S/C16H27N3O.2ClH/c1-3-19(4-2)13-15-9-6-5-8-14(15)12-18-16(20)10-7-11-17;;/h5-6,8-9H,3-4,7,10-13,17H2,1-2H3,(H,18,20);2*1H. The van der Waals surface area contributed by atoms with Gasteiger partial charge in [0.15, 0.2) is 0 Å². The first kappa shape index (κ1) is 23.5. The smallest absolute Gasteiger partial charge is 0.220 e. The fraction of sp³-hybridized carbons (Fsp3) is 0.562. The molecular weight excluding hydrogens is 321 g/mol. The van der Waals surface area contributed by atoms with Gasteiger partial charge in [0.05, 0.1) is 0 Å². The highest BCUT2D eigenvalue weighted by Gasteiger charge is 2.07. The Labute approximate surface area is 146 Å². The minimum atomic E-state index is 0. The van der Waals surface area contributed by atoms with Crippen LogP contribution >= 0.6 is 24.8 Å². The summed E-state index contributed by atoms with van der Waals surface area (Å²) in [5, 5.41) is 2.97. The van der Waals surface area contributed by atoms with Gasteiger partial charge in [0, 0.05) is 19.5 Å². The Morgan fingerprint density at radius 3 is 2.27 bits per heavy atom. The van der Waals surface area contributed by atoms with Gasteiger partial charge in [0.1, 0.15) is 0 Å².